The number of nitrogens with one attached hydrogen (secondary N) is 1. The Morgan fingerprint density at radius 1 is 1.33 bits per heavy atom. The van der Waals surface area contributed by atoms with E-state index in [0.29, 0.717) is 23.7 Å². The Bertz CT molecular complexity index is 973. The summed E-state index contributed by atoms with van der Waals surface area (Å²) in [5.41, 5.74) is 3.22. The largest absolute Gasteiger partial charge is 0.465 e. The van der Waals surface area contributed by atoms with Crippen molar-refractivity contribution in [3.63, 3.8) is 0 Å². The first kappa shape index (κ1) is 20.3. The Labute approximate surface area is 176 Å². The number of esters is 1. The monoisotopic (exact) mass is 408 g/mol. The van der Waals surface area contributed by atoms with Crippen LogP contribution in [0.15, 0.2) is 24.3 Å². The van der Waals surface area contributed by atoms with Crippen LogP contribution in [0.5, 0.6) is 0 Å². The lowest BCUT2D eigenvalue weighted by Gasteiger charge is -2.26. The molecule has 1 atom stereocenters. The summed E-state index contributed by atoms with van der Waals surface area (Å²) in [6.45, 7) is 6.51. The van der Waals surface area contributed by atoms with Gasteiger partial charge in [0.15, 0.2) is 0 Å². The summed E-state index contributed by atoms with van der Waals surface area (Å²) in [6, 6.07) is 7.66. The minimum Gasteiger partial charge on any atom is -0.465 e. The second-order valence-corrected chi connectivity index (χ2v) is 8.39. The molecular weight excluding hydrogens is 380 g/mol. The third-order valence-corrected chi connectivity index (χ3v) is 5.85. The molecule has 1 saturated heterocycles. The van der Waals surface area contributed by atoms with Crippen LogP contribution in [0.2, 0.25) is 0 Å². The molecule has 2 aliphatic heterocycles. The van der Waals surface area contributed by atoms with Crippen LogP contribution in [0.3, 0.4) is 0 Å². The minimum atomic E-state index is -0.308. The topological polar surface area (TPSA) is 84.4 Å². The van der Waals surface area contributed by atoms with E-state index in [4.69, 9.17) is 9.72 Å². The van der Waals surface area contributed by atoms with Gasteiger partial charge >= 0.3 is 5.97 Å². The molecule has 1 amide bonds. The van der Waals surface area contributed by atoms with Gasteiger partial charge in [-0.1, -0.05) is 26.0 Å². The molecule has 1 fully saturated rings. The van der Waals surface area contributed by atoms with E-state index in [1.807, 2.05) is 26.0 Å². The molecule has 7 nitrogen and oxygen atoms in total. The van der Waals surface area contributed by atoms with Crippen molar-refractivity contribution < 1.29 is 14.3 Å². The number of anilines is 1. The van der Waals surface area contributed by atoms with Gasteiger partial charge < -0.3 is 15.0 Å². The second-order valence-electron chi connectivity index (χ2n) is 8.39. The molecule has 4 rings (SSSR count). The molecule has 7 heteroatoms. The van der Waals surface area contributed by atoms with E-state index in [9.17, 15) is 9.59 Å². The number of aromatic nitrogens is 2. The van der Waals surface area contributed by atoms with Gasteiger partial charge in [-0.2, -0.15) is 0 Å². The quantitative estimate of drug-likeness (QED) is 0.766. The van der Waals surface area contributed by atoms with Crippen molar-refractivity contribution in [3.05, 3.63) is 52.5 Å². The number of amides is 1. The van der Waals surface area contributed by atoms with E-state index >= 15 is 0 Å². The minimum absolute atomic E-state index is 0.0998. The Hall–Kier alpha value is -2.96. The molecule has 2 aliphatic rings. The van der Waals surface area contributed by atoms with Crippen molar-refractivity contribution in [1.82, 2.24) is 15.3 Å². The van der Waals surface area contributed by atoms with Gasteiger partial charge in [0.2, 0.25) is 0 Å². The van der Waals surface area contributed by atoms with Crippen molar-refractivity contribution in [2.75, 3.05) is 31.6 Å². The van der Waals surface area contributed by atoms with Gasteiger partial charge in [0.05, 0.1) is 12.7 Å². The van der Waals surface area contributed by atoms with E-state index in [1.54, 1.807) is 6.07 Å². The first-order valence-electron chi connectivity index (χ1n) is 10.6. The van der Waals surface area contributed by atoms with Crippen LogP contribution in [-0.4, -0.2) is 48.6 Å². The maximum absolute atomic E-state index is 12.4. The SMILES string of the molecule is COC(=O)c1cccc(CC2CCN(c3nc(C(C)C)nc4c3CCNC4=O)C2)c1. The van der Waals surface area contributed by atoms with Crippen LogP contribution in [-0.2, 0) is 17.6 Å². The maximum Gasteiger partial charge on any atom is 0.337 e. The fourth-order valence-corrected chi connectivity index (χ4v) is 4.28. The second kappa shape index (κ2) is 8.42. The van der Waals surface area contributed by atoms with Crippen molar-refractivity contribution in [1.29, 1.82) is 0 Å². The Morgan fingerprint density at radius 2 is 2.17 bits per heavy atom. The van der Waals surface area contributed by atoms with Gasteiger partial charge in [-0.3, -0.25) is 4.79 Å². The van der Waals surface area contributed by atoms with Crippen molar-refractivity contribution in [2.45, 2.75) is 39.0 Å². The number of carbonyl (C=O) groups excluding carboxylic acids is 2. The van der Waals surface area contributed by atoms with Gasteiger partial charge in [0.25, 0.3) is 5.91 Å². The molecule has 0 aliphatic carbocycles. The van der Waals surface area contributed by atoms with Crippen LogP contribution >= 0.6 is 0 Å². The number of fused-ring (bicyclic) bond motifs is 1. The third-order valence-electron chi connectivity index (χ3n) is 5.85. The zero-order valence-electron chi connectivity index (χ0n) is 17.8. The summed E-state index contributed by atoms with van der Waals surface area (Å²) in [5, 5.41) is 2.90. The molecule has 0 bridgehead atoms. The van der Waals surface area contributed by atoms with Gasteiger partial charge in [0.1, 0.15) is 17.3 Å². The lowest BCUT2D eigenvalue weighted by atomic mass is 9.97. The number of hydrogen-bond acceptors (Lipinski definition) is 6. The van der Waals surface area contributed by atoms with Crippen molar-refractivity contribution in [3.8, 4) is 0 Å². The normalized spacial score (nSPS) is 18.3. The zero-order chi connectivity index (χ0) is 21.3. The molecular formula is C23H28N4O3. The van der Waals surface area contributed by atoms with Crippen LogP contribution in [0.4, 0.5) is 5.82 Å². The fourth-order valence-electron chi connectivity index (χ4n) is 4.28. The van der Waals surface area contributed by atoms with Gasteiger partial charge in [-0.15, -0.1) is 0 Å². The molecule has 158 valence electrons. The Morgan fingerprint density at radius 3 is 2.93 bits per heavy atom. The molecule has 2 aromatic rings. The Balaban J connectivity index is 1.55. The average Bonchev–Trinajstić information content (AvgIpc) is 3.21. The Kier molecular flexibility index (Phi) is 5.70. The first-order chi connectivity index (χ1) is 14.5. The van der Waals surface area contributed by atoms with E-state index in [-0.39, 0.29) is 17.8 Å². The summed E-state index contributed by atoms with van der Waals surface area (Å²) < 4.78 is 4.83. The summed E-state index contributed by atoms with van der Waals surface area (Å²) in [5.74, 6) is 1.85. The molecule has 0 saturated carbocycles. The smallest absolute Gasteiger partial charge is 0.337 e. The van der Waals surface area contributed by atoms with Gasteiger partial charge in [0, 0.05) is 31.1 Å². The van der Waals surface area contributed by atoms with Crippen LogP contribution in [0.1, 0.15) is 64.0 Å². The number of methoxy groups -OCH3 is 1. The fraction of sp³-hybridized carbons (Fsp3) is 0.478. The first-order valence-corrected chi connectivity index (χ1v) is 10.6. The molecule has 1 unspecified atom stereocenters. The standard InChI is InChI=1S/C23H28N4O3/c1-14(2)20-25-19-18(7-9-24-22(19)28)21(26-20)27-10-8-16(13-27)11-15-5-4-6-17(12-15)23(29)30-3/h4-6,12,14,16H,7-11,13H2,1-3H3,(H,24,28). The van der Waals surface area contributed by atoms with Crippen molar-refractivity contribution >= 4 is 17.7 Å². The van der Waals surface area contributed by atoms with Crippen LogP contribution in [0.25, 0.3) is 0 Å². The number of rotatable bonds is 5. The number of benzene rings is 1. The van der Waals surface area contributed by atoms with Gasteiger partial charge in [-0.05, 0) is 42.9 Å². The zero-order valence-corrected chi connectivity index (χ0v) is 17.8. The molecule has 3 heterocycles. The highest BCUT2D eigenvalue weighted by Crippen LogP contribution is 2.31. The van der Waals surface area contributed by atoms with Crippen LogP contribution < -0.4 is 10.2 Å². The number of ether oxygens (including phenoxy) is 1. The molecule has 1 aromatic carbocycles. The number of nitrogens with zero attached hydrogens (tertiary/aromatic N) is 3. The number of hydrogen-bond donors (Lipinski definition) is 1. The van der Waals surface area contributed by atoms with E-state index in [0.717, 1.165) is 55.1 Å². The molecule has 30 heavy (non-hydrogen) atoms. The number of carbonyl (C=O) groups is 2. The summed E-state index contributed by atoms with van der Waals surface area (Å²) in [4.78, 5) is 35.9. The molecule has 0 spiro atoms. The van der Waals surface area contributed by atoms with Crippen molar-refractivity contribution in [2.24, 2.45) is 5.92 Å². The van der Waals surface area contributed by atoms with Gasteiger partial charge in [-0.25, -0.2) is 14.8 Å². The molecule has 0 radical (unpaired) electrons. The summed E-state index contributed by atoms with van der Waals surface area (Å²) in [6.07, 6.45) is 2.70. The third kappa shape index (κ3) is 4.01. The predicted octanol–water partition coefficient (Wildman–Crippen LogP) is 2.74. The molecule has 1 N–H and O–H groups in total. The highest BCUT2D eigenvalue weighted by Gasteiger charge is 2.31. The lowest BCUT2D eigenvalue weighted by Crippen LogP contribution is -2.36. The summed E-state index contributed by atoms with van der Waals surface area (Å²) in [7, 11) is 1.40. The summed E-state index contributed by atoms with van der Waals surface area (Å²) >= 11 is 0. The average molecular weight is 409 g/mol. The molecule has 1 aromatic heterocycles. The maximum atomic E-state index is 12.4. The lowest BCUT2D eigenvalue weighted by molar-refractivity contribution is 0.0600. The highest BCUT2D eigenvalue weighted by atomic mass is 16.5. The van der Waals surface area contributed by atoms with E-state index in [2.05, 4.69) is 21.3 Å². The highest BCUT2D eigenvalue weighted by molar-refractivity contribution is 5.96. The predicted molar refractivity (Wildman–Crippen MR) is 114 cm³/mol. The van der Waals surface area contributed by atoms with E-state index in [1.165, 1.54) is 7.11 Å². The van der Waals surface area contributed by atoms with E-state index < -0.39 is 0 Å². The van der Waals surface area contributed by atoms with Crippen LogP contribution in [0, 0.1) is 5.92 Å².